The molecule has 7 nitrogen and oxygen atoms in total. The average molecular weight is 232 g/mol. The van der Waals surface area contributed by atoms with Gasteiger partial charge in [0.25, 0.3) is 0 Å². The number of carboxylic acid groups (broad SMARTS) is 1. The summed E-state index contributed by atoms with van der Waals surface area (Å²) < 4.78 is 4.41. The van der Waals surface area contributed by atoms with Gasteiger partial charge in [0.15, 0.2) is 0 Å². The number of methoxy groups -OCH3 is 1. The van der Waals surface area contributed by atoms with Crippen LogP contribution in [0, 0.1) is 0 Å². The number of urea groups is 1. The minimum atomic E-state index is -1.12. The molecule has 0 saturated carbocycles. The van der Waals surface area contributed by atoms with Gasteiger partial charge in [-0.1, -0.05) is 0 Å². The smallest absolute Gasteiger partial charge is 0.325 e. The van der Waals surface area contributed by atoms with E-state index in [0.717, 1.165) is 0 Å². The van der Waals surface area contributed by atoms with E-state index in [1.54, 1.807) is 0 Å². The van der Waals surface area contributed by atoms with Crippen molar-refractivity contribution in [3.05, 3.63) is 0 Å². The third-order valence-corrected chi connectivity index (χ3v) is 1.94. The Balaban J connectivity index is 3.99. The van der Waals surface area contributed by atoms with Crippen molar-refractivity contribution in [1.82, 2.24) is 10.2 Å². The summed E-state index contributed by atoms with van der Waals surface area (Å²) in [5, 5.41) is 10.8. The van der Waals surface area contributed by atoms with Gasteiger partial charge in [0.05, 0.1) is 13.5 Å². The highest BCUT2D eigenvalue weighted by Crippen LogP contribution is 1.92. The van der Waals surface area contributed by atoms with Crippen LogP contribution in [0.3, 0.4) is 0 Å². The number of aliphatic carboxylic acids is 1. The fourth-order valence-corrected chi connectivity index (χ4v) is 0.820. The number of hydrogen-bond acceptors (Lipinski definition) is 4. The molecule has 0 aromatic heterocycles. The zero-order valence-corrected chi connectivity index (χ0v) is 9.52. The molecule has 0 rings (SSSR count). The number of carboxylic acids is 1. The molecule has 0 bridgehead atoms. The summed E-state index contributed by atoms with van der Waals surface area (Å²) >= 11 is 0. The molecule has 0 saturated heterocycles. The molecule has 1 atom stereocenters. The fourth-order valence-electron chi connectivity index (χ4n) is 0.820. The van der Waals surface area contributed by atoms with Crippen LogP contribution < -0.4 is 5.32 Å². The number of hydrogen-bond donors (Lipinski definition) is 2. The molecule has 0 unspecified atom stereocenters. The van der Waals surface area contributed by atoms with Gasteiger partial charge >= 0.3 is 18.0 Å². The molecule has 0 fully saturated rings. The Morgan fingerprint density at radius 1 is 1.44 bits per heavy atom. The molecule has 0 spiro atoms. The van der Waals surface area contributed by atoms with E-state index in [1.165, 1.54) is 26.0 Å². The van der Waals surface area contributed by atoms with Crippen molar-refractivity contribution >= 4 is 18.0 Å². The number of nitrogens with zero attached hydrogens (tertiary/aromatic N) is 1. The maximum absolute atomic E-state index is 11.4. The van der Waals surface area contributed by atoms with E-state index in [2.05, 4.69) is 10.1 Å². The van der Waals surface area contributed by atoms with Gasteiger partial charge in [-0.05, 0) is 6.92 Å². The van der Waals surface area contributed by atoms with Gasteiger partial charge in [-0.15, -0.1) is 0 Å². The van der Waals surface area contributed by atoms with Gasteiger partial charge in [-0.2, -0.15) is 0 Å². The van der Waals surface area contributed by atoms with Crippen LogP contribution in [0.25, 0.3) is 0 Å². The summed E-state index contributed by atoms with van der Waals surface area (Å²) in [7, 11) is 2.72. The third kappa shape index (κ3) is 5.18. The van der Waals surface area contributed by atoms with Gasteiger partial charge in [0, 0.05) is 13.6 Å². The van der Waals surface area contributed by atoms with Crippen LogP contribution in [0.1, 0.15) is 13.3 Å². The fraction of sp³-hybridized carbons (Fsp3) is 0.667. The zero-order valence-electron chi connectivity index (χ0n) is 9.52. The standard InChI is InChI=1S/C9H16N2O5/c1-6(8(13)14)10-9(15)11(2)5-4-7(12)16-3/h6H,4-5H2,1-3H3,(H,10,15)(H,13,14)/t6-/m1/s1. The summed E-state index contributed by atoms with van der Waals surface area (Å²) in [5.41, 5.74) is 0. The van der Waals surface area contributed by atoms with Crippen molar-refractivity contribution in [3.63, 3.8) is 0 Å². The Kier molecular flexibility index (Phi) is 5.91. The van der Waals surface area contributed by atoms with Crippen molar-refractivity contribution < 1.29 is 24.2 Å². The lowest BCUT2D eigenvalue weighted by Gasteiger charge is -2.18. The Bertz CT molecular complexity index is 279. The second-order valence-corrected chi connectivity index (χ2v) is 3.26. The van der Waals surface area contributed by atoms with Gasteiger partial charge in [-0.3, -0.25) is 9.59 Å². The molecule has 0 heterocycles. The summed E-state index contributed by atoms with van der Waals surface area (Å²) in [4.78, 5) is 33.8. The lowest BCUT2D eigenvalue weighted by atomic mass is 10.3. The van der Waals surface area contributed by atoms with Gasteiger partial charge in [-0.25, -0.2) is 4.79 Å². The van der Waals surface area contributed by atoms with Crippen molar-refractivity contribution in [3.8, 4) is 0 Å². The van der Waals surface area contributed by atoms with E-state index >= 15 is 0 Å². The first-order valence-corrected chi connectivity index (χ1v) is 4.69. The first-order chi connectivity index (χ1) is 7.38. The Hall–Kier alpha value is -1.79. The van der Waals surface area contributed by atoms with Gasteiger partial charge in [0.2, 0.25) is 0 Å². The normalized spacial score (nSPS) is 11.4. The second-order valence-electron chi connectivity index (χ2n) is 3.26. The number of ether oxygens (including phenoxy) is 1. The minimum Gasteiger partial charge on any atom is -0.480 e. The number of amides is 2. The zero-order chi connectivity index (χ0) is 12.7. The van der Waals surface area contributed by atoms with Crippen LogP contribution in [0.2, 0.25) is 0 Å². The molecule has 0 aliphatic heterocycles. The van der Waals surface area contributed by atoms with Crippen LogP contribution in [-0.2, 0) is 14.3 Å². The lowest BCUT2D eigenvalue weighted by molar-refractivity contribution is -0.141. The largest absolute Gasteiger partial charge is 0.480 e. The van der Waals surface area contributed by atoms with E-state index in [-0.39, 0.29) is 13.0 Å². The van der Waals surface area contributed by atoms with Gasteiger partial charge in [0.1, 0.15) is 6.04 Å². The lowest BCUT2D eigenvalue weighted by Crippen LogP contribution is -2.45. The maximum atomic E-state index is 11.4. The predicted molar refractivity (Wildman–Crippen MR) is 54.9 cm³/mol. The molecular weight excluding hydrogens is 216 g/mol. The molecule has 2 amide bonds. The third-order valence-electron chi connectivity index (χ3n) is 1.94. The van der Waals surface area contributed by atoms with E-state index in [9.17, 15) is 14.4 Å². The van der Waals surface area contributed by atoms with Crippen LogP contribution in [0.4, 0.5) is 4.79 Å². The highest BCUT2D eigenvalue weighted by molar-refractivity contribution is 5.82. The Labute approximate surface area is 93.4 Å². The van der Waals surface area contributed by atoms with E-state index < -0.39 is 24.0 Å². The maximum Gasteiger partial charge on any atom is 0.325 e. The van der Waals surface area contributed by atoms with Crippen molar-refractivity contribution in [2.24, 2.45) is 0 Å². The minimum absolute atomic E-state index is 0.0713. The SMILES string of the molecule is COC(=O)CCN(C)C(=O)N[C@H](C)C(=O)O. The molecular formula is C9H16N2O5. The van der Waals surface area contributed by atoms with Crippen molar-refractivity contribution in [2.45, 2.75) is 19.4 Å². The summed E-state index contributed by atoms with van der Waals surface area (Å²) in [6.07, 6.45) is 0.0713. The topological polar surface area (TPSA) is 95.9 Å². The molecule has 2 N–H and O–H groups in total. The summed E-state index contributed by atoms with van der Waals surface area (Å²) in [6, 6.07) is -1.51. The van der Waals surface area contributed by atoms with E-state index in [0.29, 0.717) is 0 Å². The molecule has 0 aliphatic rings. The molecule has 7 heteroatoms. The van der Waals surface area contributed by atoms with Crippen molar-refractivity contribution in [1.29, 1.82) is 0 Å². The quantitative estimate of drug-likeness (QED) is 0.632. The first kappa shape index (κ1) is 14.2. The molecule has 0 aromatic rings. The predicted octanol–water partition coefficient (Wildman–Crippen LogP) is -0.336. The van der Waals surface area contributed by atoms with Crippen LogP contribution >= 0.6 is 0 Å². The summed E-state index contributed by atoms with van der Waals surface area (Å²) in [5.74, 6) is -1.54. The molecule has 16 heavy (non-hydrogen) atoms. The van der Waals surface area contributed by atoms with Gasteiger partial charge < -0.3 is 20.1 Å². The second kappa shape index (κ2) is 6.65. The molecule has 92 valence electrons. The number of carbonyl (C=O) groups is 3. The number of carbonyl (C=O) groups excluding carboxylic acids is 2. The van der Waals surface area contributed by atoms with Crippen LogP contribution in [-0.4, -0.2) is 54.7 Å². The average Bonchev–Trinajstić information content (AvgIpc) is 2.24. The molecule has 0 aromatic carbocycles. The summed E-state index contributed by atoms with van der Waals surface area (Å²) in [6.45, 7) is 1.53. The monoisotopic (exact) mass is 232 g/mol. The van der Waals surface area contributed by atoms with Crippen molar-refractivity contribution in [2.75, 3.05) is 20.7 Å². The molecule has 0 aliphatic carbocycles. The first-order valence-electron chi connectivity index (χ1n) is 4.69. The Morgan fingerprint density at radius 2 is 2.00 bits per heavy atom. The van der Waals surface area contributed by atoms with Crippen LogP contribution in [0.5, 0.6) is 0 Å². The van der Waals surface area contributed by atoms with E-state index in [4.69, 9.17) is 5.11 Å². The number of esters is 1. The number of nitrogens with one attached hydrogen (secondary N) is 1. The highest BCUT2D eigenvalue weighted by atomic mass is 16.5. The van der Waals surface area contributed by atoms with Crippen LogP contribution in [0.15, 0.2) is 0 Å². The Morgan fingerprint density at radius 3 is 2.44 bits per heavy atom. The van der Waals surface area contributed by atoms with E-state index in [1.807, 2.05) is 0 Å². The molecule has 0 radical (unpaired) electrons. The highest BCUT2D eigenvalue weighted by Gasteiger charge is 2.17. The number of rotatable bonds is 5.